The molecule has 1 aliphatic heterocycles. The second kappa shape index (κ2) is 6.73. The van der Waals surface area contributed by atoms with Gasteiger partial charge in [0, 0.05) is 31.9 Å². The molecule has 1 atom stereocenters. The van der Waals surface area contributed by atoms with Gasteiger partial charge in [-0.25, -0.2) is 9.97 Å². The minimum absolute atomic E-state index is 0.0453. The van der Waals surface area contributed by atoms with Crippen LogP contribution in [0.5, 0.6) is 0 Å². The Morgan fingerprint density at radius 3 is 3.12 bits per heavy atom. The molecule has 0 spiro atoms. The molecule has 8 nitrogen and oxygen atoms in total. The van der Waals surface area contributed by atoms with E-state index in [0.717, 1.165) is 24.3 Å². The summed E-state index contributed by atoms with van der Waals surface area (Å²) in [5.74, 6) is 0. The van der Waals surface area contributed by atoms with E-state index in [4.69, 9.17) is 4.74 Å². The molecule has 0 saturated carbocycles. The molecule has 0 aromatic carbocycles. The Kier molecular flexibility index (Phi) is 4.29. The van der Waals surface area contributed by atoms with Crippen LogP contribution >= 0.6 is 0 Å². The van der Waals surface area contributed by atoms with Gasteiger partial charge in [0.25, 0.3) is 5.56 Å². The smallest absolute Gasteiger partial charge is 0.258 e. The van der Waals surface area contributed by atoms with E-state index in [2.05, 4.69) is 20.0 Å². The summed E-state index contributed by atoms with van der Waals surface area (Å²) in [6, 6.07) is 5.47. The third kappa shape index (κ3) is 3.59. The van der Waals surface area contributed by atoms with E-state index in [1.807, 2.05) is 25.3 Å². The van der Waals surface area contributed by atoms with Crippen LogP contribution in [0.25, 0.3) is 5.65 Å². The highest BCUT2D eigenvalue weighted by Gasteiger charge is 2.21. The molecule has 25 heavy (non-hydrogen) atoms. The number of nitrogens with zero attached hydrogens (tertiary/aromatic N) is 6. The second-order valence-corrected chi connectivity index (χ2v) is 6.37. The fourth-order valence-electron chi connectivity index (χ4n) is 3.14. The lowest BCUT2D eigenvalue weighted by atomic mass is 10.2. The molecule has 0 aliphatic carbocycles. The first-order valence-electron chi connectivity index (χ1n) is 8.33. The van der Waals surface area contributed by atoms with Gasteiger partial charge in [0.05, 0.1) is 24.9 Å². The lowest BCUT2D eigenvalue weighted by Gasteiger charge is -2.32. The molecular formula is C17H20N6O2. The summed E-state index contributed by atoms with van der Waals surface area (Å²) >= 11 is 0. The van der Waals surface area contributed by atoms with E-state index >= 15 is 0 Å². The molecule has 130 valence electrons. The van der Waals surface area contributed by atoms with E-state index in [0.29, 0.717) is 25.3 Å². The number of pyridine rings is 1. The van der Waals surface area contributed by atoms with Crippen molar-refractivity contribution in [1.82, 2.24) is 29.0 Å². The molecule has 1 fully saturated rings. The molecule has 1 saturated heterocycles. The molecule has 1 unspecified atom stereocenters. The molecule has 0 amide bonds. The first-order valence-corrected chi connectivity index (χ1v) is 8.33. The van der Waals surface area contributed by atoms with Crippen molar-refractivity contribution in [2.75, 3.05) is 19.7 Å². The molecule has 0 radical (unpaired) electrons. The van der Waals surface area contributed by atoms with Gasteiger partial charge in [-0.3, -0.25) is 18.8 Å². The van der Waals surface area contributed by atoms with Crippen LogP contribution in [-0.4, -0.2) is 54.8 Å². The Morgan fingerprint density at radius 2 is 2.28 bits per heavy atom. The molecule has 0 bridgehead atoms. The number of aryl methyl sites for hydroxylation is 1. The van der Waals surface area contributed by atoms with Crippen molar-refractivity contribution >= 4 is 5.65 Å². The zero-order valence-corrected chi connectivity index (χ0v) is 14.1. The van der Waals surface area contributed by atoms with Crippen molar-refractivity contribution < 1.29 is 4.74 Å². The number of hydrogen-bond donors (Lipinski definition) is 0. The van der Waals surface area contributed by atoms with Gasteiger partial charge in [0.15, 0.2) is 0 Å². The first-order chi connectivity index (χ1) is 12.2. The SMILES string of the molecule is Cc1ccc2nc(CN3CCOC(Cn4cncn4)C3)cc(=O)n2c1. The second-order valence-electron chi connectivity index (χ2n) is 6.37. The van der Waals surface area contributed by atoms with Crippen LogP contribution in [0, 0.1) is 6.92 Å². The lowest BCUT2D eigenvalue weighted by molar-refractivity contribution is -0.0405. The number of aromatic nitrogens is 5. The number of morpholine rings is 1. The fourth-order valence-corrected chi connectivity index (χ4v) is 3.14. The summed E-state index contributed by atoms with van der Waals surface area (Å²) < 4.78 is 9.17. The van der Waals surface area contributed by atoms with Gasteiger partial charge in [-0.1, -0.05) is 6.07 Å². The van der Waals surface area contributed by atoms with Gasteiger partial charge >= 0.3 is 0 Å². The predicted octanol–water partition coefficient (Wildman–Crippen LogP) is 0.495. The third-order valence-electron chi connectivity index (χ3n) is 4.33. The minimum Gasteiger partial charge on any atom is -0.374 e. The van der Waals surface area contributed by atoms with E-state index < -0.39 is 0 Å². The maximum absolute atomic E-state index is 12.3. The highest BCUT2D eigenvalue weighted by molar-refractivity contribution is 5.39. The monoisotopic (exact) mass is 340 g/mol. The largest absolute Gasteiger partial charge is 0.374 e. The maximum atomic E-state index is 12.3. The summed E-state index contributed by atoms with van der Waals surface area (Å²) in [6.07, 6.45) is 5.09. The van der Waals surface area contributed by atoms with Crippen LogP contribution in [0.2, 0.25) is 0 Å². The Bertz CT molecular complexity index is 921. The summed E-state index contributed by atoms with van der Waals surface area (Å²) in [4.78, 5) is 23.2. The average molecular weight is 340 g/mol. The first kappa shape index (κ1) is 15.9. The Morgan fingerprint density at radius 1 is 1.36 bits per heavy atom. The van der Waals surface area contributed by atoms with Crippen molar-refractivity contribution in [1.29, 1.82) is 0 Å². The van der Waals surface area contributed by atoms with Gasteiger partial charge < -0.3 is 4.74 Å². The van der Waals surface area contributed by atoms with Gasteiger partial charge in [-0.15, -0.1) is 0 Å². The molecule has 3 aromatic rings. The van der Waals surface area contributed by atoms with Crippen molar-refractivity contribution in [3.8, 4) is 0 Å². The van der Waals surface area contributed by atoms with Gasteiger partial charge in [-0.2, -0.15) is 5.10 Å². The van der Waals surface area contributed by atoms with Crippen LogP contribution in [-0.2, 0) is 17.8 Å². The summed E-state index contributed by atoms with van der Waals surface area (Å²) in [5, 5.41) is 4.12. The molecule has 0 N–H and O–H groups in total. The van der Waals surface area contributed by atoms with E-state index in [9.17, 15) is 4.79 Å². The third-order valence-corrected chi connectivity index (χ3v) is 4.33. The molecule has 8 heteroatoms. The molecule has 4 heterocycles. The number of fused-ring (bicyclic) bond motifs is 1. The highest BCUT2D eigenvalue weighted by Crippen LogP contribution is 2.11. The highest BCUT2D eigenvalue weighted by atomic mass is 16.5. The summed E-state index contributed by atoms with van der Waals surface area (Å²) in [5.41, 5.74) is 2.46. The maximum Gasteiger partial charge on any atom is 0.258 e. The molecule has 4 rings (SSSR count). The van der Waals surface area contributed by atoms with Gasteiger partial charge in [0.2, 0.25) is 0 Å². The summed E-state index contributed by atoms with van der Waals surface area (Å²) in [7, 11) is 0. The van der Waals surface area contributed by atoms with E-state index in [-0.39, 0.29) is 11.7 Å². The summed E-state index contributed by atoms with van der Waals surface area (Å²) in [6.45, 7) is 5.52. The van der Waals surface area contributed by atoms with Crippen molar-refractivity contribution in [2.24, 2.45) is 0 Å². The standard InChI is InChI=1S/C17H20N6O2/c1-13-2-3-16-20-14(6-17(24)23(16)7-13)8-21-4-5-25-15(9-21)10-22-12-18-11-19-22/h2-3,6-7,11-12,15H,4-5,8-10H2,1H3. The Labute approximate surface area is 144 Å². The van der Waals surface area contributed by atoms with Crippen LogP contribution < -0.4 is 5.56 Å². The minimum atomic E-state index is -0.0453. The quantitative estimate of drug-likeness (QED) is 0.688. The van der Waals surface area contributed by atoms with Gasteiger partial charge in [0.1, 0.15) is 18.3 Å². The number of rotatable bonds is 4. The van der Waals surface area contributed by atoms with Crippen molar-refractivity contribution in [3.63, 3.8) is 0 Å². The molecule has 3 aromatic heterocycles. The lowest BCUT2D eigenvalue weighted by Crippen LogP contribution is -2.44. The van der Waals surface area contributed by atoms with Crippen molar-refractivity contribution in [2.45, 2.75) is 26.1 Å². The van der Waals surface area contributed by atoms with Gasteiger partial charge in [-0.05, 0) is 18.6 Å². The zero-order valence-electron chi connectivity index (χ0n) is 14.1. The van der Waals surface area contributed by atoms with E-state index in [1.165, 1.54) is 6.33 Å². The Balaban J connectivity index is 1.48. The van der Waals surface area contributed by atoms with Crippen LogP contribution in [0.4, 0.5) is 0 Å². The van der Waals surface area contributed by atoms with Crippen LogP contribution in [0.3, 0.4) is 0 Å². The normalized spacial score (nSPS) is 18.7. The molecule has 1 aliphatic rings. The Hall–Kier alpha value is -2.58. The van der Waals surface area contributed by atoms with Crippen LogP contribution in [0.15, 0.2) is 41.8 Å². The predicted molar refractivity (Wildman–Crippen MR) is 91.2 cm³/mol. The number of ether oxygens (including phenoxy) is 1. The number of hydrogen-bond acceptors (Lipinski definition) is 6. The fraction of sp³-hybridized carbons (Fsp3) is 0.412. The average Bonchev–Trinajstić information content (AvgIpc) is 3.09. The van der Waals surface area contributed by atoms with Crippen LogP contribution in [0.1, 0.15) is 11.3 Å². The molecular weight excluding hydrogens is 320 g/mol. The topological polar surface area (TPSA) is 77.6 Å². The van der Waals surface area contributed by atoms with Crippen molar-refractivity contribution in [3.05, 3.63) is 58.7 Å². The zero-order chi connectivity index (χ0) is 17.2. The van der Waals surface area contributed by atoms with E-state index in [1.54, 1.807) is 21.5 Å².